The number of nitrogens with two attached hydrogens (primary N) is 1. The maximum atomic E-state index is 6.47. The average Bonchev–Trinajstić information content (AvgIpc) is 3.13. The van der Waals surface area contributed by atoms with Gasteiger partial charge in [-0.3, -0.25) is 0 Å². The molecule has 5 nitrogen and oxygen atoms in total. The third kappa shape index (κ3) is 2.79. The summed E-state index contributed by atoms with van der Waals surface area (Å²) >= 11 is 12.3. The van der Waals surface area contributed by atoms with Gasteiger partial charge in [0.1, 0.15) is 11.6 Å². The largest absolute Gasteiger partial charge is 0.497 e. The van der Waals surface area contributed by atoms with Crippen LogP contribution in [0.25, 0.3) is 5.82 Å². The van der Waals surface area contributed by atoms with Crippen LogP contribution in [0.5, 0.6) is 5.75 Å². The van der Waals surface area contributed by atoms with Gasteiger partial charge in [-0.2, -0.15) is 0 Å². The number of ether oxygens (including phenoxy) is 1. The second kappa shape index (κ2) is 6.59. The van der Waals surface area contributed by atoms with Crippen LogP contribution in [-0.2, 0) is 0 Å². The van der Waals surface area contributed by atoms with E-state index in [9.17, 15) is 0 Å². The molecule has 2 heterocycles. The minimum Gasteiger partial charge on any atom is -0.497 e. The molecular formula is C19H15Cl2N3O2. The molecule has 1 aliphatic heterocycles. The minimum absolute atomic E-state index is 0.434. The van der Waals surface area contributed by atoms with Crippen molar-refractivity contribution in [2.75, 3.05) is 12.0 Å². The number of hydrogen-bond donors (Lipinski definition) is 1. The van der Waals surface area contributed by atoms with Crippen LogP contribution in [0.4, 0.5) is 5.69 Å². The molecule has 2 N–H and O–H groups in total. The van der Waals surface area contributed by atoms with Gasteiger partial charge >= 0.3 is 0 Å². The highest BCUT2D eigenvalue weighted by Gasteiger charge is 2.27. The third-order valence-electron chi connectivity index (χ3n) is 4.26. The van der Waals surface area contributed by atoms with Crippen molar-refractivity contribution in [1.82, 2.24) is 0 Å². The molecule has 0 aliphatic carbocycles. The van der Waals surface area contributed by atoms with Crippen LogP contribution in [0.15, 0.2) is 64.2 Å². The van der Waals surface area contributed by atoms with E-state index in [0.29, 0.717) is 21.4 Å². The van der Waals surface area contributed by atoms with E-state index in [1.54, 1.807) is 31.6 Å². The summed E-state index contributed by atoms with van der Waals surface area (Å²) in [5.41, 5.74) is 8.67. The summed E-state index contributed by atoms with van der Waals surface area (Å²) in [5, 5.41) is 1.69. The summed E-state index contributed by atoms with van der Waals surface area (Å²) in [5.74, 6) is 1.31. The van der Waals surface area contributed by atoms with E-state index in [4.69, 9.17) is 43.1 Å². The number of rotatable bonds is 3. The quantitative estimate of drug-likeness (QED) is 0.747. The molecule has 2 aromatic carbocycles. The summed E-state index contributed by atoms with van der Waals surface area (Å²) in [6.45, 7) is 0. The van der Waals surface area contributed by atoms with Gasteiger partial charge in [-0.05, 0) is 48.0 Å². The lowest BCUT2D eigenvalue weighted by atomic mass is 10.1. The molecule has 0 amide bonds. The molecule has 0 saturated carbocycles. The normalized spacial score (nSPS) is 16.2. The van der Waals surface area contributed by atoms with Crippen LogP contribution in [-0.4, -0.2) is 7.11 Å². The van der Waals surface area contributed by atoms with Crippen LogP contribution in [0.1, 0.15) is 11.7 Å². The molecule has 0 spiro atoms. The molecule has 1 atom stereocenters. The van der Waals surface area contributed by atoms with Crippen molar-refractivity contribution < 1.29 is 9.15 Å². The number of halogens is 2. The smallest absolute Gasteiger partial charge is 0.227 e. The fourth-order valence-electron chi connectivity index (χ4n) is 2.95. The Morgan fingerprint density at radius 2 is 1.85 bits per heavy atom. The number of hydrogen-bond acceptors (Lipinski definition) is 5. The zero-order chi connectivity index (χ0) is 18.3. The van der Waals surface area contributed by atoms with Crippen LogP contribution >= 0.6 is 23.2 Å². The average molecular weight is 388 g/mol. The summed E-state index contributed by atoms with van der Waals surface area (Å²) in [4.78, 5) is 6.65. The predicted octanol–water partition coefficient (Wildman–Crippen LogP) is 3.46. The Kier molecular flexibility index (Phi) is 4.26. The summed E-state index contributed by atoms with van der Waals surface area (Å²) in [6, 6.07) is 14.8. The molecule has 0 fully saturated rings. The third-order valence-corrected chi connectivity index (χ3v) is 5.00. The zero-order valence-electron chi connectivity index (χ0n) is 13.8. The Labute approximate surface area is 159 Å². The van der Waals surface area contributed by atoms with Gasteiger partial charge in [-0.1, -0.05) is 29.3 Å². The maximum absolute atomic E-state index is 6.47. The Morgan fingerprint density at radius 3 is 2.54 bits per heavy atom. The molecule has 4 rings (SSSR count). The molecular weight excluding hydrogens is 373 g/mol. The van der Waals surface area contributed by atoms with Crippen molar-refractivity contribution in [2.45, 2.75) is 6.17 Å². The molecule has 0 saturated heterocycles. The van der Waals surface area contributed by atoms with Crippen LogP contribution in [0.3, 0.4) is 0 Å². The molecule has 0 radical (unpaired) electrons. The van der Waals surface area contributed by atoms with Gasteiger partial charge in [0.2, 0.25) is 5.55 Å². The first kappa shape index (κ1) is 16.8. The zero-order valence-corrected chi connectivity index (χ0v) is 15.3. The number of furan rings is 1. The van der Waals surface area contributed by atoms with Gasteiger partial charge in [0, 0.05) is 5.69 Å². The molecule has 26 heavy (non-hydrogen) atoms. The fraction of sp³-hybridized carbons (Fsp3) is 0.105. The summed E-state index contributed by atoms with van der Waals surface area (Å²) in [7, 11) is 1.63. The number of benzene rings is 2. The van der Waals surface area contributed by atoms with Gasteiger partial charge in [0.05, 0.1) is 28.6 Å². The number of fused-ring (bicyclic) bond motifs is 1. The standard InChI is InChI=1S/C19H15Cl2N3O2/c1-25-13-5-3-12(4-6-13)24-17(22)14-8-9-26-19(14)23-18(24)11-2-7-15(20)16(21)10-11/h2-10,18H,22H2,1H3. The Bertz CT molecular complexity index is 1080. The summed E-state index contributed by atoms with van der Waals surface area (Å²) < 4.78 is 10.7. The van der Waals surface area contributed by atoms with Crippen LogP contribution < -0.4 is 26.1 Å². The highest BCUT2D eigenvalue weighted by Crippen LogP contribution is 2.35. The highest BCUT2D eigenvalue weighted by atomic mass is 35.5. The van der Waals surface area contributed by atoms with Crippen molar-refractivity contribution in [3.8, 4) is 5.75 Å². The molecule has 0 bridgehead atoms. The number of nitrogens with zero attached hydrogens (tertiary/aromatic N) is 2. The van der Waals surface area contributed by atoms with E-state index in [0.717, 1.165) is 22.2 Å². The SMILES string of the molecule is COc1ccc(N2C(N)=c3ccoc3=NC2c2ccc(Cl)c(Cl)c2)cc1. The van der Waals surface area contributed by atoms with Gasteiger partial charge in [-0.25, -0.2) is 4.99 Å². The monoisotopic (exact) mass is 387 g/mol. The van der Waals surface area contributed by atoms with E-state index < -0.39 is 6.17 Å². The fourth-order valence-corrected chi connectivity index (χ4v) is 3.25. The van der Waals surface area contributed by atoms with Crippen molar-refractivity contribution in [3.05, 3.63) is 81.2 Å². The first-order valence-corrected chi connectivity index (χ1v) is 8.63. The lowest BCUT2D eigenvalue weighted by Crippen LogP contribution is -2.43. The van der Waals surface area contributed by atoms with Gasteiger partial charge in [0.15, 0.2) is 6.17 Å². The van der Waals surface area contributed by atoms with Gasteiger partial charge in [0.25, 0.3) is 0 Å². The van der Waals surface area contributed by atoms with Crippen LogP contribution in [0, 0.1) is 0 Å². The lowest BCUT2D eigenvalue weighted by Gasteiger charge is -2.33. The van der Waals surface area contributed by atoms with Gasteiger partial charge < -0.3 is 19.8 Å². The van der Waals surface area contributed by atoms with Gasteiger partial charge in [-0.15, -0.1) is 0 Å². The maximum Gasteiger partial charge on any atom is 0.227 e. The number of methoxy groups -OCH3 is 1. The Balaban J connectivity index is 1.90. The van der Waals surface area contributed by atoms with E-state index in [1.165, 1.54) is 0 Å². The second-order valence-electron chi connectivity index (χ2n) is 5.77. The van der Waals surface area contributed by atoms with E-state index in [-0.39, 0.29) is 0 Å². The second-order valence-corrected chi connectivity index (χ2v) is 6.58. The molecule has 7 heteroatoms. The van der Waals surface area contributed by atoms with Crippen molar-refractivity contribution in [3.63, 3.8) is 0 Å². The molecule has 132 valence electrons. The van der Waals surface area contributed by atoms with Crippen LogP contribution in [0.2, 0.25) is 10.0 Å². The van der Waals surface area contributed by atoms with E-state index in [2.05, 4.69) is 0 Å². The van der Waals surface area contributed by atoms with E-state index >= 15 is 0 Å². The molecule has 1 unspecified atom stereocenters. The molecule has 3 aromatic rings. The van der Waals surface area contributed by atoms with E-state index in [1.807, 2.05) is 35.2 Å². The summed E-state index contributed by atoms with van der Waals surface area (Å²) in [6.07, 6.45) is 1.14. The first-order chi connectivity index (χ1) is 12.6. The topological polar surface area (TPSA) is 64.0 Å². The highest BCUT2D eigenvalue weighted by molar-refractivity contribution is 6.42. The van der Waals surface area contributed by atoms with Crippen molar-refractivity contribution in [1.29, 1.82) is 0 Å². The predicted molar refractivity (Wildman–Crippen MR) is 102 cm³/mol. The molecule has 1 aromatic heterocycles. The van der Waals surface area contributed by atoms with Crippen molar-refractivity contribution in [2.24, 2.45) is 10.7 Å². The minimum atomic E-state index is -0.434. The molecule has 1 aliphatic rings. The first-order valence-electron chi connectivity index (χ1n) is 7.88. The lowest BCUT2D eigenvalue weighted by molar-refractivity contribution is 0.415. The van der Waals surface area contributed by atoms with Crippen molar-refractivity contribution >= 4 is 34.7 Å². The Morgan fingerprint density at radius 1 is 1.08 bits per heavy atom. The Hall–Kier alpha value is -2.63. The number of anilines is 1.